The van der Waals surface area contributed by atoms with Crippen LogP contribution in [0.2, 0.25) is 0 Å². The highest BCUT2D eigenvalue weighted by molar-refractivity contribution is 7.45. The van der Waals surface area contributed by atoms with Gasteiger partial charge in [0.05, 0.1) is 0 Å². The molecule has 5 nitrogen and oxygen atoms in total. The highest BCUT2D eigenvalue weighted by atomic mass is 31.2. The quantitative estimate of drug-likeness (QED) is 0.468. The standard InChI is InChI=1S/C13H29P.H3N.H3O4P/c1-4-7-10-13(14,11-8-5-2)12-9-6-3;;1-5(2,3)4/h4-12,14H2,1-3H3;1H3;(H3,1,2,3,4). The molecule has 0 bridgehead atoms. The van der Waals surface area contributed by atoms with Crippen LogP contribution >= 0.6 is 17.1 Å². The van der Waals surface area contributed by atoms with Crippen molar-refractivity contribution in [2.45, 2.75) is 83.7 Å². The van der Waals surface area contributed by atoms with Crippen LogP contribution in [0.3, 0.4) is 0 Å². The van der Waals surface area contributed by atoms with E-state index in [1.54, 1.807) is 0 Å². The lowest BCUT2D eigenvalue weighted by molar-refractivity contribution is 0.275. The van der Waals surface area contributed by atoms with Crippen LogP contribution in [0.1, 0.15) is 78.6 Å². The molecule has 1 unspecified atom stereocenters. The molecule has 126 valence electrons. The number of phosphoric acid groups is 1. The minimum absolute atomic E-state index is 0. The van der Waals surface area contributed by atoms with Crippen molar-refractivity contribution in [3.8, 4) is 0 Å². The van der Waals surface area contributed by atoms with Crippen molar-refractivity contribution in [3.63, 3.8) is 0 Å². The fraction of sp³-hybridized carbons (Fsp3) is 1.00. The summed E-state index contributed by atoms with van der Waals surface area (Å²) in [6.07, 6.45) is 12.5. The van der Waals surface area contributed by atoms with Gasteiger partial charge in [0.25, 0.3) is 0 Å². The maximum absolute atomic E-state index is 8.88. The maximum atomic E-state index is 8.88. The van der Waals surface area contributed by atoms with Crippen molar-refractivity contribution in [1.29, 1.82) is 0 Å². The third kappa shape index (κ3) is 23.6. The molecular weight excluding hydrogens is 296 g/mol. The summed E-state index contributed by atoms with van der Waals surface area (Å²) in [6, 6.07) is 0. The molecule has 0 radical (unpaired) electrons. The summed E-state index contributed by atoms with van der Waals surface area (Å²) >= 11 is 0. The molecule has 0 saturated carbocycles. The van der Waals surface area contributed by atoms with Gasteiger partial charge in [-0.2, -0.15) is 0 Å². The van der Waals surface area contributed by atoms with Crippen LogP contribution in [0.25, 0.3) is 0 Å². The Bertz CT molecular complexity index is 216. The Kier molecular flexibility index (Phi) is 18.4. The lowest BCUT2D eigenvalue weighted by Crippen LogP contribution is -2.20. The fourth-order valence-electron chi connectivity index (χ4n) is 1.96. The molecular formula is C13H35NO4P2. The van der Waals surface area contributed by atoms with E-state index in [0.29, 0.717) is 5.16 Å². The Hall–Kier alpha value is 0.500. The highest BCUT2D eigenvalue weighted by Crippen LogP contribution is 2.36. The molecule has 0 aliphatic carbocycles. The lowest BCUT2D eigenvalue weighted by atomic mass is 9.90. The smallest absolute Gasteiger partial charge is 0.344 e. The molecule has 0 aliphatic heterocycles. The Balaban J connectivity index is -0.000000414. The second kappa shape index (κ2) is 14.4. The first-order chi connectivity index (χ1) is 8.68. The van der Waals surface area contributed by atoms with Crippen molar-refractivity contribution < 1.29 is 19.2 Å². The molecule has 7 heteroatoms. The summed E-state index contributed by atoms with van der Waals surface area (Å²) in [5.41, 5.74) is 0. The van der Waals surface area contributed by atoms with Crippen molar-refractivity contribution in [2.24, 2.45) is 0 Å². The summed E-state index contributed by atoms with van der Waals surface area (Å²) in [5.74, 6) is 0. The van der Waals surface area contributed by atoms with E-state index < -0.39 is 7.82 Å². The molecule has 0 spiro atoms. The van der Waals surface area contributed by atoms with Crippen molar-refractivity contribution >= 4 is 17.1 Å². The predicted molar refractivity (Wildman–Crippen MR) is 90.3 cm³/mol. The molecule has 0 aliphatic rings. The van der Waals surface area contributed by atoms with Crippen LogP contribution in [0, 0.1) is 0 Å². The summed E-state index contributed by atoms with van der Waals surface area (Å²) in [6.45, 7) is 6.89. The fourth-order valence-corrected chi connectivity index (χ4v) is 2.57. The van der Waals surface area contributed by atoms with Gasteiger partial charge in [0.15, 0.2) is 0 Å². The van der Waals surface area contributed by atoms with Gasteiger partial charge in [-0.25, -0.2) is 4.57 Å². The van der Waals surface area contributed by atoms with Crippen LogP contribution < -0.4 is 6.15 Å². The molecule has 20 heavy (non-hydrogen) atoms. The Labute approximate surface area is 127 Å². The van der Waals surface area contributed by atoms with Gasteiger partial charge >= 0.3 is 7.82 Å². The molecule has 0 fully saturated rings. The normalized spacial score (nSPS) is 11.3. The van der Waals surface area contributed by atoms with Crippen LogP contribution in [-0.4, -0.2) is 19.8 Å². The highest BCUT2D eigenvalue weighted by Gasteiger charge is 2.22. The summed E-state index contributed by atoms with van der Waals surface area (Å²) in [4.78, 5) is 21.6. The number of hydrogen-bond donors (Lipinski definition) is 4. The predicted octanol–water partition coefficient (Wildman–Crippen LogP) is 4.40. The van der Waals surface area contributed by atoms with Crippen molar-refractivity contribution in [2.75, 3.05) is 0 Å². The molecule has 0 amide bonds. The molecule has 0 aromatic heterocycles. The molecule has 6 N–H and O–H groups in total. The topological polar surface area (TPSA) is 113 Å². The van der Waals surface area contributed by atoms with Crippen molar-refractivity contribution in [3.05, 3.63) is 0 Å². The zero-order valence-electron chi connectivity index (χ0n) is 13.3. The molecule has 0 heterocycles. The molecule has 0 saturated heterocycles. The van der Waals surface area contributed by atoms with Gasteiger partial charge in [-0.05, 0) is 24.4 Å². The van der Waals surface area contributed by atoms with Crippen LogP contribution in [0.4, 0.5) is 0 Å². The van der Waals surface area contributed by atoms with E-state index in [9.17, 15) is 0 Å². The molecule has 1 atom stereocenters. The zero-order chi connectivity index (χ0) is 15.4. The van der Waals surface area contributed by atoms with Crippen LogP contribution in [0.5, 0.6) is 0 Å². The second-order valence-electron chi connectivity index (χ2n) is 5.19. The van der Waals surface area contributed by atoms with E-state index in [1.807, 2.05) is 0 Å². The average molecular weight is 331 g/mol. The maximum Gasteiger partial charge on any atom is 0.466 e. The largest absolute Gasteiger partial charge is 0.466 e. The Morgan fingerprint density at radius 2 is 1.05 bits per heavy atom. The summed E-state index contributed by atoms with van der Waals surface area (Å²) in [7, 11) is -1.47. The lowest BCUT2D eigenvalue weighted by Gasteiger charge is -2.29. The minimum Gasteiger partial charge on any atom is -0.344 e. The first-order valence-electron chi connectivity index (χ1n) is 7.25. The van der Waals surface area contributed by atoms with E-state index in [1.165, 1.54) is 57.8 Å². The number of unbranched alkanes of at least 4 members (excludes halogenated alkanes) is 3. The summed E-state index contributed by atoms with van der Waals surface area (Å²) in [5, 5.41) is 0.571. The third-order valence-corrected chi connectivity index (χ3v) is 3.95. The average Bonchev–Trinajstić information content (AvgIpc) is 2.30. The first kappa shape index (κ1) is 25.5. The van der Waals surface area contributed by atoms with Gasteiger partial charge in [-0.1, -0.05) is 59.3 Å². The Morgan fingerprint density at radius 1 is 0.850 bits per heavy atom. The van der Waals surface area contributed by atoms with E-state index in [2.05, 4.69) is 30.0 Å². The number of rotatable bonds is 9. The van der Waals surface area contributed by atoms with Gasteiger partial charge in [-0.3, -0.25) is 0 Å². The number of hydrogen-bond acceptors (Lipinski definition) is 2. The van der Waals surface area contributed by atoms with E-state index >= 15 is 0 Å². The third-order valence-electron chi connectivity index (χ3n) is 3.08. The minimum atomic E-state index is -4.64. The molecule has 0 aromatic carbocycles. The molecule has 0 rings (SSSR count). The SMILES string of the molecule is CCCCC(P)(CCCC)CCCC.N.O=P(O)(O)O. The second-order valence-corrected chi connectivity index (χ2v) is 7.44. The van der Waals surface area contributed by atoms with E-state index in [-0.39, 0.29) is 6.15 Å². The first-order valence-corrected chi connectivity index (χ1v) is 9.40. The van der Waals surface area contributed by atoms with E-state index in [4.69, 9.17) is 19.2 Å². The Morgan fingerprint density at radius 3 is 1.20 bits per heavy atom. The van der Waals surface area contributed by atoms with E-state index in [0.717, 1.165) is 0 Å². The monoisotopic (exact) mass is 331 g/mol. The van der Waals surface area contributed by atoms with Crippen molar-refractivity contribution in [1.82, 2.24) is 6.15 Å². The van der Waals surface area contributed by atoms with Crippen LogP contribution in [0.15, 0.2) is 0 Å². The van der Waals surface area contributed by atoms with Gasteiger partial charge in [-0.15, -0.1) is 9.24 Å². The van der Waals surface area contributed by atoms with Gasteiger partial charge < -0.3 is 20.8 Å². The van der Waals surface area contributed by atoms with Gasteiger partial charge in [0.2, 0.25) is 0 Å². The zero-order valence-corrected chi connectivity index (χ0v) is 15.4. The summed E-state index contributed by atoms with van der Waals surface area (Å²) < 4.78 is 8.88. The van der Waals surface area contributed by atoms with Crippen LogP contribution in [-0.2, 0) is 4.57 Å². The van der Waals surface area contributed by atoms with Gasteiger partial charge in [0, 0.05) is 0 Å². The van der Waals surface area contributed by atoms with Gasteiger partial charge in [0.1, 0.15) is 0 Å². The molecule has 0 aromatic rings.